The summed E-state index contributed by atoms with van der Waals surface area (Å²) in [4.78, 5) is 27.8. The second kappa shape index (κ2) is 13.6. The quantitative estimate of drug-likeness (QED) is 0.459. The molecule has 1 heterocycles. The Morgan fingerprint density at radius 1 is 1.11 bits per heavy atom. The third-order valence-corrected chi connectivity index (χ3v) is 6.71. The van der Waals surface area contributed by atoms with Crippen molar-refractivity contribution in [2.75, 3.05) is 33.3 Å². The molecule has 1 aliphatic rings. The van der Waals surface area contributed by atoms with Gasteiger partial charge in [0.15, 0.2) is 0 Å². The number of halogens is 3. The van der Waals surface area contributed by atoms with Crippen LogP contribution in [0.25, 0.3) is 0 Å². The van der Waals surface area contributed by atoms with Gasteiger partial charge in [0, 0.05) is 38.1 Å². The second-order valence-corrected chi connectivity index (χ2v) is 9.56. The number of alkyl halides is 3. The smallest absolute Gasteiger partial charge is 0.375 e. The van der Waals surface area contributed by atoms with Gasteiger partial charge in [-0.05, 0) is 44.4 Å². The van der Waals surface area contributed by atoms with Gasteiger partial charge in [0.25, 0.3) is 0 Å². The van der Waals surface area contributed by atoms with E-state index < -0.39 is 18.1 Å². The van der Waals surface area contributed by atoms with Crippen LogP contribution < -0.4 is 5.32 Å². The molecule has 3 rings (SSSR count). The Kier molecular flexibility index (Phi) is 10.5. The molecule has 0 bridgehead atoms. The van der Waals surface area contributed by atoms with Crippen LogP contribution in [0.2, 0.25) is 0 Å². The van der Waals surface area contributed by atoms with Crippen molar-refractivity contribution in [1.82, 2.24) is 15.1 Å². The van der Waals surface area contributed by atoms with Gasteiger partial charge in [-0.25, -0.2) is 0 Å². The molecule has 0 spiro atoms. The molecule has 2 aromatic carbocycles. The first kappa shape index (κ1) is 28.7. The molecule has 2 atom stereocenters. The van der Waals surface area contributed by atoms with Crippen molar-refractivity contribution in [3.05, 3.63) is 71.3 Å². The van der Waals surface area contributed by atoms with Gasteiger partial charge < -0.3 is 19.9 Å². The van der Waals surface area contributed by atoms with Crippen molar-refractivity contribution < 1.29 is 27.5 Å². The molecular weight excluding hydrogens is 483 g/mol. The van der Waals surface area contributed by atoms with Crippen molar-refractivity contribution in [2.45, 2.75) is 57.5 Å². The molecule has 6 nitrogen and oxygen atoms in total. The number of hydrogen-bond donors (Lipinski definition) is 1. The predicted octanol–water partition coefficient (Wildman–Crippen LogP) is 4.11. The lowest BCUT2D eigenvalue weighted by Crippen LogP contribution is -2.50. The Bertz CT molecular complexity index is 999. The summed E-state index contributed by atoms with van der Waals surface area (Å²) in [6.07, 6.45) is -3.23. The Morgan fingerprint density at radius 2 is 1.81 bits per heavy atom. The van der Waals surface area contributed by atoms with E-state index in [-0.39, 0.29) is 31.5 Å². The number of nitrogens with one attached hydrogen (secondary N) is 1. The number of amides is 2. The highest BCUT2D eigenvalue weighted by atomic mass is 19.4. The molecule has 0 radical (unpaired) electrons. The van der Waals surface area contributed by atoms with E-state index in [9.17, 15) is 22.8 Å². The maximum absolute atomic E-state index is 13.3. The number of hydrogen-bond acceptors (Lipinski definition) is 4. The summed E-state index contributed by atoms with van der Waals surface area (Å²) in [5.74, 6) is -2.01. The topological polar surface area (TPSA) is 61.9 Å². The second-order valence-electron chi connectivity index (χ2n) is 9.56. The van der Waals surface area contributed by atoms with Gasteiger partial charge in [-0.15, -0.1) is 0 Å². The lowest BCUT2D eigenvalue weighted by Gasteiger charge is -2.32. The van der Waals surface area contributed by atoms with Crippen LogP contribution in [0.1, 0.15) is 36.0 Å². The first-order chi connectivity index (χ1) is 17.7. The van der Waals surface area contributed by atoms with E-state index in [1.54, 1.807) is 11.9 Å². The number of benzene rings is 2. The normalized spacial score (nSPS) is 16.6. The molecule has 1 saturated heterocycles. The summed E-state index contributed by atoms with van der Waals surface area (Å²) in [7, 11) is 1.75. The zero-order valence-electron chi connectivity index (χ0n) is 21.5. The minimum atomic E-state index is -4.96. The van der Waals surface area contributed by atoms with Gasteiger partial charge >= 0.3 is 12.1 Å². The standard InChI is InChI=1S/C28H36F3N3O3/c1-21-10-12-23(13-11-21)19-37-20-24(32-2)17-26(35)34-15-6-9-25(34)18-33(27(36)28(29,30)31)16-14-22-7-4-3-5-8-22/h3-5,7-8,10-13,24-25,32H,6,9,14-20H2,1-2H3. The van der Waals surface area contributed by atoms with E-state index in [4.69, 9.17) is 4.74 Å². The zero-order valence-corrected chi connectivity index (χ0v) is 21.5. The Hall–Kier alpha value is -2.91. The molecule has 1 fully saturated rings. The van der Waals surface area contributed by atoms with Gasteiger partial charge in [0.05, 0.1) is 13.2 Å². The number of ether oxygens (including phenoxy) is 1. The fourth-order valence-electron chi connectivity index (χ4n) is 4.55. The van der Waals surface area contributed by atoms with Crippen molar-refractivity contribution in [3.8, 4) is 0 Å². The molecular formula is C28H36F3N3O3. The molecule has 1 N–H and O–H groups in total. The van der Waals surface area contributed by atoms with E-state index in [1.165, 1.54) is 0 Å². The molecule has 37 heavy (non-hydrogen) atoms. The van der Waals surface area contributed by atoms with E-state index >= 15 is 0 Å². The maximum Gasteiger partial charge on any atom is 0.471 e. The van der Waals surface area contributed by atoms with E-state index in [0.29, 0.717) is 39.0 Å². The summed E-state index contributed by atoms with van der Waals surface area (Å²) in [5, 5.41) is 3.10. The fourth-order valence-corrected chi connectivity index (χ4v) is 4.55. The third kappa shape index (κ3) is 8.86. The Labute approximate surface area is 216 Å². The number of carbonyl (C=O) groups excluding carboxylic acids is 2. The molecule has 2 aromatic rings. The molecule has 202 valence electrons. The van der Waals surface area contributed by atoms with Crippen LogP contribution in [0.4, 0.5) is 13.2 Å². The van der Waals surface area contributed by atoms with Crippen LogP contribution in [-0.4, -0.2) is 73.2 Å². The van der Waals surface area contributed by atoms with Gasteiger partial charge in [0.2, 0.25) is 5.91 Å². The predicted molar refractivity (Wildman–Crippen MR) is 136 cm³/mol. The Morgan fingerprint density at radius 3 is 2.46 bits per heavy atom. The van der Waals surface area contributed by atoms with Crippen molar-refractivity contribution in [1.29, 1.82) is 0 Å². The minimum Gasteiger partial charge on any atom is -0.375 e. The SMILES string of the molecule is CNC(COCc1ccc(C)cc1)CC(=O)N1CCCC1CN(CCc1ccccc1)C(=O)C(F)(F)F. The lowest BCUT2D eigenvalue weighted by atomic mass is 10.1. The number of likely N-dealkylation sites (tertiary alicyclic amines) is 1. The fraction of sp³-hybridized carbons (Fsp3) is 0.500. The highest BCUT2D eigenvalue weighted by molar-refractivity contribution is 5.82. The minimum absolute atomic E-state index is 0.0626. The highest BCUT2D eigenvalue weighted by Crippen LogP contribution is 2.24. The highest BCUT2D eigenvalue weighted by Gasteiger charge is 2.44. The van der Waals surface area contributed by atoms with Crippen LogP contribution in [0.5, 0.6) is 0 Å². The van der Waals surface area contributed by atoms with Crippen LogP contribution in [0.15, 0.2) is 54.6 Å². The zero-order chi connectivity index (χ0) is 26.8. The third-order valence-electron chi connectivity index (χ3n) is 6.71. The summed E-state index contributed by atoms with van der Waals surface area (Å²) < 4.78 is 45.8. The van der Waals surface area contributed by atoms with Crippen LogP contribution in [-0.2, 0) is 27.4 Å². The number of likely N-dealkylation sites (N-methyl/N-ethyl adjacent to an activating group) is 1. The molecule has 0 saturated carbocycles. The van der Waals surface area contributed by atoms with Crippen molar-refractivity contribution in [2.24, 2.45) is 0 Å². The first-order valence-electron chi connectivity index (χ1n) is 12.7. The van der Waals surface area contributed by atoms with Gasteiger partial charge in [-0.3, -0.25) is 9.59 Å². The lowest BCUT2D eigenvalue weighted by molar-refractivity contribution is -0.186. The largest absolute Gasteiger partial charge is 0.471 e. The number of rotatable bonds is 12. The number of aryl methyl sites for hydroxylation is 1. The molecule has 1 aliphatic heterocycles. The number of carbonyl (C=O) groups is 2. The summed E-state index contributed by atoms with van der Waals surface area (Å²) in [6.45, 7) is 3.04. The molecule has 0 aliphatic carbocycles. The maximum atomic E-state index is 13.3. The van der Waals surface area contributed by atoms with Crippen molar-refractivity contribution >= 4 is 11.8 Å². The van der Waals surface area contributed by atoms with Gasteiger partial charge in [-0.2, -0.15) is 13.2 Å². The van der Waals surface area contributed by atoms with Gasteiger partial charge in [-0.1, -0.05) is 60.2 Å². The van der Waals surface area contributed by atoms with Crippen LogP contribution in [0.3, 0.4) is 0 Å². The number of nitrogens with zero attached hydrogens (tertiary/aromatic N) is 2. The molecule has 2 amide bonds. The summed E-state index contributed by atoms with van der Waals surface area (Å²) in [6, 6.07) is 16.4. The summed E-state index contributed by atoms with van der Waals surface area (Å²) >= 11 is 0. The summed E-state index contributed by atoms with van der Waals surface area (Å²) in [5.41, 5.74) is 3.05. The molecule has 0 aromatic heterocycles. The van der Waals surface area contributed by atoms with Crippen LogP contribution in [0, 0.1) is 6.92 Å². The monoisotopic (exact) mass is 519 g/mol. The van der Waals surface area contributed by atoms with E-state index in [0.717, 1.165) is 21.6 Å². The average molecular weight is 520 g/mol. The van der Waals surface area contributed by atoms with Gasteiger partial charge in [0.1, 0.15) is 0 Å². The first-order valence-corrected chi connectivity index (χ1v) is 12.7. The Balaban J connectivity index is 1.57. The average Bonchev–Trinajstić information content (AvgIpc) is 3.35. The van der Waals surface area contributed by atoms with E-state index in [2.05, 4.69) is 5.32 Å². The van der Waals surface area contributed by atoms with Crippen LogP contribution >= 0.6 is 0 Å². The molecule has 2 unspecified atom stereocenters. The van der Waals surface area contributed by atoms with Crippen molar-refractivity contribution in [3.63, 3.8) is 0 Å². The van der Waals surface area contributed by atoms with E-state index in [1.807, 2.05) is 61.5 Å². The molecule has 9 heteroatoms.